The van der Waals surface area contributed by atoms with Crippen molar-refractivity contribution in [3.05, 3.63) is 65.9 Å². The highest BCUT2D eigenvalue weighted by atomic mass is 16.5. The lowest BCUT2D eigenvalue weighted by atomic mass is 10.0. The molecule has 0 aliphatic heterocycles. The van der Waals surface area contributed by atoms with E-state index in [0.717, 1.165) is 16.5 Å². The number of carbonyl (C=O) groups excluding carboxylic acids is 1. The molecule has 0 radical (unpaired) electrons. The average molecular weight is 366 g/mol. The lowest BCUT2D eigenvalue weighted by Gasteiger charge is -2.15. The van der Waals surface area contributed by atoms with E-state index in [0.29, 0.717) is 11.3 Å². The van der Waals surface area contributed by atoms with Gasteiger partial charge in [0.1, 0.15) is 11.8 Å². The number of aromatic amines is 1. The SMILES string of the molecule is CC(C)Oc1ccc(C(=O)N[C@H](Cc2c[nH]c3ccccc23)C(=O)O)cc1. The Balaban J connectivity index is 1.72. The molecule has 0 saturated heterocycles. The molecule has 1 heterocycles. The van der Waals surface area contributed by atoms with E-state index in [4.69, 9.17) is 4.74 Å². The second kappa shape index (κ2) is 7.95. The third kappa shape index (κ3) is 4.47. The summed E-state index contributed by atoms with van der Waals surface area (Å²) in [5, 5.41) is 13.1. The second-order valence-electron chi connectivity index (χ2n) is 6.62. The van der Waals surface area contributed by atoms with Crippen molar-refractivity contribution in [2.75, 3.05) is 0 Å². The Bertz CT molecular complexity index is 944. The first-order valence-electron chi connectivity index (χ1n) is 8.79. The largest absolute Gasteiger partial charge is 0.491 e. The van der Waals surface area contributed by atoms with Gasteiger partial charge in [-0.1, -0.05) is 18.2 Å². The number of carboxylic acids is 1. The van der Waals surface area contributed by atoms with E-state index in [1.54, 1.807) is 30.5 Å². The molecule has 6 heteroatoms. The van der Waals surface area contributed by atoms with Crippen LogP contribution < -0.4 is 10.1 Å². The van der Waals surface area contributed by atoms with Crippen molar-refractivity contribution in [1.82, 2.24) is 10.3 Å². The van der Waals surface area contributed by atoms with Crippen LogP contribution in [-0.4, -0.2) is 34.1 Å². The zero-order chi connectivity index (χ0) is 19.4. The van der Waals surface area contributed by atoms with Crippen LogP contribution in [0.1, 0.15) is 29.8 Å². The van der Waals surface area contributed by atoms with Crippen molar-refractivity contribution in [1.29, 1.82) is 0 Å². The van der Waals surface area contributed by atoms with Gasteiger partial charge >= 0.3 is 5.97 Å². The van der Waals surface area contributed by atoms with Gasteiger partial charge < -0.3 is 20.1 Å². The van der Waals surface area contributed by atoms with Crippen LogP contribution in [-0.2, 0) is 11.2 Å². The predicted molar refractivity (Wildman–Crippen MR) is 103 cm³/mol. The number of ether oxygens (including phenoxy) is 1. The van der Waals surface area contributed by atoms with Gasteiger partial charge in [0.25, 0.3) is 5.91 Å². The Kier molecular flexibility index (Phi) is 5.45. The maximum absolute atomic E-state index is 12.5. The number of rotatable bonds is 7. The van der Waals surface area contributed by atoms with E-state index in [1.165, 1.54) is 0 Å². The van der Waals surface area contributed by atoms with Crippen molar-refractivity contribution >= 4 is 22.8 Å². The molecule has 3 N–H and O–H groups in total. The first-order chi connectivity index (χ1) is 12.9. The van der Waals surface area contributed by atoms with Crippen molar-refractivity contribution in [2.24, 2.45) is 0 Å². The van der Waals surface area contributed by atoms with Crippen LogP contribution in [0.25, 0.3) is 10.9 Å². The highest BCUT2D eigenvalue weighted by molar-refractivity contribution is 5.97. The summed E-state index contributed by atoms with van der Waals surface area (Å²) in [6.07, 6.45) is 2.02. The molecule has 0 unspecified atom stereocenters. The van der Waals surface area contributed by atoms with Crippen LogP contribution in [0.3, 0.4) is 0 Å². The number of nitrogens with one attached hydrogen (secondary N) is 2. The van der Waals surface area contributed by atoms with Crippen LogP contribution in [0, 0.1) is 0 Å². The summed E-state index contributed by atoms with van der Waals surface area (Å²) in [5.74, 6) is -0.846. The van der Waals surface area contributed by atoms with Gasteiger partial charge in [-0.05, 0) is 49.7 Å². The molecule has 0 saturated carbocycles. The molecule has 1 aromatic heterocycles. The Morgan fingerprint density at radius 2 is 1.81 bits per heavy atom. The molecule has 140 valence electrons. The molecule has 0 fully saturated rings. The molecule has 2 aromatic carbocycles. The minimum Gasteiger partial charge on any atom is -0.491 e. The van der Waals surface area contributed by atoms with Crippen molar-refractivity contribution in [2.45, 2.75) is 32.4 Å². The monoisotopic (exact) mass is 366 g/mol. The minimum absolute atomic E-state index is 0.0391. The number of benzene rings is 2. The van der Waals surface area contributed by atoms with Crippen LogP contribution in [0.5, 0.6) is 5.75 Å². The number of hydrogen-bond donors (Lipinski definition) is 3. The average Bonchev–Trinajstić information content (AvgIpc) is 3.04. The lowest BCUT2D eigenvalue weighted by Crippen LogP contribution is -2.42. The Morgan fingerprint density at radius 3 is 2.48 bits per heavy atom. The number of aliphatic carboxylic acids is 1. The molecule has 3 rings (SSSR count). The zero-order valence-corrected chi connectivity index (χ0v) is 15.2. The van der Waals surface area contributed by atoms with E-state index in [1.807, 2.05) is 38.1 Å². The van der Waals surface area contributed by atoms with E-state index in [9.17, 15) is 14.7 Å². The van der Waals surface area contributed by atoms with Gasteiger partial charge in [-0.25, -0.2) is 4.79 Å². The number of fused-ring (bicyclic) bond motifs is 1. The molecule has 3 aromatic rings. The molecular formula is C21H22N2O4. The van der Waals surface area contributed by atoms with Gasteiger partial charge in [0.2, 0.25) is 0 Å². The van der Waals surface area contributed by atoms with Crippen LogP contribution in [0.15, 0.2) is 54.7 Å². The van der Waals surface area contributed by atoms with Crippen LogP contribution in [0.4, 0.5) is 0 Å². The zero-order valence-electron chi connectivity index (χ0n) is 15.2. The highest BCUT2D eigenvalue weighted by Crippen LogP contribution is 2.19. The standard InChI is InChI=1S/C21H22N2O4/c1-13(2)27-16-9-7-14(8-10-16)20(24)23-19(21(25)26)11-15-12-22-18-6-4-3-5-17(15)18/h3-10,12-13,19,22H,11H2,1-2H3,(H,23,24)(H,25,26)/t19-/m1/s1. The fraction of sp³-hybridized carbons (Fsp3) is 0.238. The molecule has 27 heavy (non-hydrogen) atoms. The number of aromatic nitrogens is 1. The van der Waals surface area contributed by atoms with Crippen molar-refractivity contribution in [3.8, 4) is 5.75 Å². The fourth-order valence-electron chi connectivity index (χ4n) is 2.92. The molecule has 0 bridgehead atoms. The number of hydrogen-bond acceptors (Lipinski definition) is 3. The number of carboxylic acid groups (broad SMARTS) is 1. The number of H-pyrrole nitrogens is 1. The molecule has 0 aliphatic carbocycles. The Hall–Kier alpha value is -3.28. The summed E-state index contributed by atoms with van der Waals surface area (Å²) in [6, 6.07) is 13.3. The summed E-state index contributed by atoms with van der Waals surface area (Å²) in [4.78, 5) is 27.2. The summed E-state index contributed by atoms with van der Waals surface area (Å²) >= 11 is 0. The topological polar surface area (TPSA) is 91.4 Å². The minimum atomic E-state index is -1.08. The maximum Gasteiger partial charge on any atom is 0.326 e. The number of amides is 1. The molecule has 1 amide bonds. The second-order valence-corrected chi connectivity index (χ2v) is 6.62. The molecule has 0 aliphatic rings. The lowest BCUT2D eigenvalue weighted by molar-refractivity contribution is -0.139. The molecular weight excluding hydrogens is 344 g/mol. The first kappa shape index (κ1) is 18.5. The Morgan fingerprint density at radius 1 is 1.11 bits per heavy atom. The van der Waals surface area contributed by atoms with Gasteiger partial charge in [-0.15, -0.1) is 0 Å². The van der Waals surface area contributed by atoms with Gasteiger partial charge in [0.05, 0.1) is 6.10 Å². The van der Waals surface area contributed by atoms with Crippen LogP contribution in [0.2, 0.25) is 0 Å². The number of para-hydroxylation sites is 1. The summed E-state index contributed by atoms with van der Waals surface area (Å²) in [6.45, 7) is 3.84. The van der Waals surface area contributed by atoms with E-state index in [-0.39, 0.29) is 12.5 Å². The molecule has 6 nitrogen and oxygen atoms in total. The first-order valence-corrected chi connectivity index (χ1v) is 8.79. The van der Waals surface area contributed by atoms with E-state index < -0.39 is 17.9 Å². The fourth-order valence-corrected chi connectivity index (χ4v) is 2.92. The Labute approximate surface area is 157 Å². The summed E-state index contributed by atoms with van der Waals surface area (Å²) < 4.78 is 5.55. The highest BCUT2D eigenvalue weighted by Gasteiger charge is 2.22. The molecule has 1 atom stereocenters. The smallest absolute Gasteiger partial charge is 0.326 e. The van der Waals surface area contributed by atoms with Gasteiger partial charge in [0.15, 0.2) is 0 Å². The predicted octanol–water partition coefficient (Wildman–Crippen LogP) is 3.38. The van der Waals surface area contributed by atoms with E-state index in [2.05, 4.69) is 10.3 Å². The van der Waals surface area contributed by atoms with Gasteiger partial charge in [0, 0.05) is 29.1 Å². The number of carbonyl (C=O) groups is 2. The van der Waals surface area contributed by atoms with Gasteiger partial charge in [-0.3, -0.25) is 4.79 Å². The van der Waals surface area contributed by atoms with Crippen molar-refractivity contribution in [3.63, 3.8) is 0 Å². The third-order valence-electron chi connectivity index (χ3n) is 4.19. The quantitative estimate of drug-likeness (QED) is 0.598. The summed E-state index contributed by atoms with van der Waals surface area (Å²) in [5.41, 5.74) is 2.17. The molecule has 0 spiro atoms. The van der Waals surface area contributed by atoms with Crippen LogP contribution >= 0.6 is 0 Å². The van der Waals surface area contributed by atoms with Gasteiger partial charge in [-0.2, -0.15) is 0 Å². The normalized spacial score (nSPS) is 12.1. The third-order valence-corrected chi connectivity index (χ3v) is 4.19. The maximum atomic E-state index is 12.5. The summed E-state index contributed by atoms with van der Waals surface area (Å²) in [7, 11) is 0. The van der Waals surface area contributed by atoms with Crippen molar-refractivity contribution < 1.29 is 19.4 Å². The van der Waals surface area contributed by atoms with E-state index >= 15 is 0 Å².